The standard InChI is InChI=1S/C14H20BNO3S/c1-13(2)14(3,4)19-15(18-13)10(9-20)7-11-5-6-12(17)8-16-11/h5-8,17,20H,9H2,1-4H3. The third kappa shape index (κ3) is 3.02. The van der Waals surface area contributed by atoms with E-state index in [0.717, 1.165) is 11.2 Å². The van der Waals surface area contributed by atoms with Gasteiger partial charge in [0.05, 0.1) is 23.1 Å². The molecule has 0 spiro atoms. The Bertz CT molecular complexity index is 498. The van der Waals surface area contributed by atoms with Gasteiger partial charge in [0.1, 0.15) is 5.75 Å². The lowest BCUT2D eigenvalue weighted by Gasteiger charge is -2.32. The van der Waals surface area contributed by atoms with Crippen LogP contribution in [0.1, 0.15) is 33.4 Å². The van der Waals surface area contributed by atoms with Crippen molar-refractivity contribution in [3.8, 4) is 5.75 Å². The fraction of sp³-hybridized carbons (Fsp3) is 0.500. The summed E-state index contributed by atoms with van der Waals surface area (Å²) in [6.45, 7) is 8.06. The lowest BCUT2D eigenvalue weighted by Crippen LogP contribution is -2.41. The number of thiol groups is 1. The first-order chi connectivity index (χ1) is 9.25. The smallest absolute Gasteiger partial charge is 0.491 e. The molecule has 1 aromatic heterocycles. The summed E-state index contributed by atoms with van der Waals surface area (Å²) in [5.41, 5.74) is 0.899. The third-order valence-electron chi connectivity index (χ3n) is 3.84. The molecule has 1 aromatic rings. The minimum atomic E-state index is -0.423. The molecule has 0 saturated carbocycles. The maximum atomic E-state index is 9.25. The molecule has 2 rings (SSSR count). The molecular formula is C14H20BNO3S. The number of rotatable bonds is 3. The Morgan fingerprint density at radius 3 is 2.35 bits per heavy atom. The average molecular weight is 293 g/mol. The van der Waals surface area contributed by atoms with Crippen LogP contribution in [-0.4, -0.2) is 34.2 Å². The van der Waals surface area contributed by atoms with Crippen molar-refractivity contribution in [1.29, 1.82) is 0 Å². The molecule has 0 amide bonds. The van der Waals surface area contributed by atoms with Crippen LogP contribution in [0.3, 0.4) is 0 Å². The van der Waals surface area contributed by atoms with Crippen molar-refractivity contribution in [2.75, 3.05) is 5.75 Å². The summed E-state index contributed by atoms with van der Waals surface area (Å²) in [7, 11) is -0.423. The van der Waals surface area contributed by atoms with E-state index in [4.69, 9.17) is 9.31 Å². The van der Waals surface area contributed by atoms with Crippen LogP contribution in [0.2, 0.25) is 0 Å². The first-order valence-electron chi connectivity index (χ1n) is 6.57. The van der Waals surface area contributed by atoms with Crippen molar-refractivity contribution < 1.29 is 14.4 Å². The quantitative estimate of drug-likeness (QED) is 0.664. The van der Waals surface area contributed by atoms with Gasteiger partial charge in [-0.1, -0.05) is 0 Å². The van der Waals surface area contributed by atoms with Gasteiger partial charge in [-0.05, 0) is 51.4 Å². The third-order valence-corrected chi connectivity index (χ3v) is 4.21. The zero-order valence-corrected chi connectivity index (χ0v) is 13.1. The van der Waals surface area contributed by atoms with Crippen LogP contribution in [0.15, 0.2) is 23.8 Å². The number of aromatic hydroxyl groups is 1. The van der Waals surface area contributed by atoms with Gasteiger partial charge < -0.3 is 14.4 Å². The van der Waals surface area contributed by atoms with Gasteiger partial charge in [0, 0.05) is 5.75 Å². The van der Waals surface area contributed by atoms with E-state index in [-0.39, 0.29) is 17.0 Å². The molecule has 20 heavy (non-hydrogen) atoms. The molecule has 2 heterocycles. The summed E-state index contributed by atoms with van der Waals surface area (Å²) >= 11 is 4.35. The molecule has 1 saturated heterocycles. The highest BCUT2D eigenvalue weighted by atomic mass is 32.1. The summed E-state index contributed by atoms with van der Waals surface area (Å²) < 4.78 is 12.0. The molecule has 1 aliphatic rings. The van der Waals surface area contributed by atoms with E-state index < -0.39 is 7.12 Å². The van der Waals surface area contributed by atoms with Gasteiger partial charge >= 0.3 is 7.12 Å². The molecule has 4 nitrogen and oxygen atoms in total. The van der Waals surface area contributed by atoms with Gasteiger partial charge in [0.25, 0.3) is 0 Å². The van der Waals surface area contributed by atoms with Crippen LogP contribution < -0.4 is 0 Å². The Morgan fingerprint density at radius 2 is 1.90 bits per heavy atom. The second-order valence-electron chi connectivity index (χ2n) is 5.91. The maximum Gasteiger partial charge on any atom is 0.491 e. The van der Waals surface area contributed by atoms with Crippen LogP contribution in [-0.2, 0) is 9.31 Å². The van der Waals surface area contributed by atoms with Crippen LogP contribution >= 0.6 is 12.6 Å². The highest BCUT2D eigenvalue weighted by Gasteiger charge is 2.52. The Labute approximate surface area is 125 Å². The molecule has 1 fully saturated rings. The van der Waals surface area contributed by atoms with Crippen LogP contribution in [0, 0.1) is 0 Å². The number of hydrogen-bond acceptors (Lipinski definition) is 5. The number of aromatic nitrogens is 1. The van der Waals surface area contributed by atoms with E-state index in [1.165, 1.54) is 6.20 Å². The first-order valence-corrected chi connectivity index (χ1v) is 7.20. The fourth-order valence-corrected chi connectivity index (χ4v) is 2.10. The van der Waals surface area contributed by atoms with E-state index in [2.05, 4.69) is 17.6 Å². The summed E-state index contributed by atoms with van der Waals surface area (Å²) in [4.78, 5) is 4.14. The second-order valence-corrected chi connectivity index (χ2v) is 6.22. The first kappa shape index (κ1) is 15.4. The zero-order chi connectivity index (χ0) is 15.0. The van der Waals surface area contributed by atoms with Crippen molar-refractivity contribution >= 4 is 25.8 Å². The molecule has 0 atom stereocenters. The Morgan fingerprint density at radius 1 is 1.30 bits per heavy atom. The average Bonchev–Trinajstić information content (AvgIpc) is 2.57. The van der Waals surface area contributed by atoms with Crippen molar-refractivity contribution in [3.05, 3.63) is 29.5 Å². The van der Waals surface area contributed by atoms with E-state index >= 15 is 0 Å². The van der Waals surface area contributed by atoms with Crippen LogP contribution in [0.4, 0.5) is 0 Å². The highest BCUT2D eigenvalue weighted by molar-refractivity contribution is 7.80. The fourth-order valence-electron chi connectivity index (χ4n) is 1.86. The second kappa shape index (κ2) is 5.43. The van der Waals surface area contributed by atoms with Gasteiger partial charge in [-0.15, -0.1) is 0 Å². The number of pyridine rings is 1. The Balaban J connectivity index is 2.24. The maximum absolute atomic E-state index is 9.25. The molecule has 0 aliphatic carbocycles. The minimum Gasteiger partial charge on any atom is -0.506 e. The Kier molecular flexibility index (Phi) is 4.18. The molecular weight excluding hydrogens is 273 g/mol. The lowest BCUT2D eigenvalue weighted by atomic mass is 9.78. The van der Waals surface area contributed by atoms with E-state index in [1.54, 1.807) is 12.1 Å². The van der Waals surface area contributed by atoms with Crippen LogP contribution in [0.25, 0.3) is 6.08 Å². The van der Waals surface area contributed by atoms with Gasteiger partial charge in [-0.2, -0.15) is 12.6 Å². The van der Waals surface area contributed by atoms with Crippen molar-refractivity contribution in [1.82, 2.24) is 4.98 Å². The van der Waals surface area contributed by atoms with Gasteiger partial charge in [-0.3, -0.25) is 4.98 Å². The molecule has 0 bridgehead atoms. The normalized spacial score (nSPS) is 21.2. The Hall–Kier alpha value is -0.975. The SMILES string of the molecule is CC1(C)OB(C(=Cc2ccc(O)cn2)CS)OC1(C)C. The predicted octanol–water partition coefficient (Wildman–Crippen LogP) is 2.73. The summed E-state index contributed by atoms with van der Waals surface area (Å²) in [6, 6.07) is 3.34. The van der Waals surface area contributed by atoms with Crippen molar-refractivity contribution in [3.63, 3.8) is 0 Å². The van der Waals surface area contributed by atoms with Crippen LogP contribution in [0.5, 0.6) is 5.75 Å². The van der Waals surface area contributed by atoms with Gasteiger partial charge in [-0.25, -0.2) is 0 Å². The van der Waals surface area contributed by atoms with E-state index in [1.807, 2.05) is 33.8 Å². The molecule has 0 aromatic carbocycles. The highest BCUT2D eigenvalue weighted by Crippen LogP contribution is 2.38. The van der Waals surface area contributed by atoms with E-state index in [0.29, 0.717) is 5.75 Å². The summed E-state index contributed by atoms with van der Waals surface area (Å²) in [5, 5.41) is 9.25. The van der Waals surface area contributed by atoms with Gasteiger partial charge in [0.2, 0.25) is 0 Å². The summed E-state index contributed by atoms with van der Waals surface area (Å²) in [6.07, 6.45) is 3.29. The minimum absolute atomic E-state index is 0.144. The number of hydrogen-bond donors (Lipinski definition) is 2. The predicted molar refractivity (Wildman–Crippen MR) is 83.8 cm³/mol. The van der Waals surface area contributed by atoms with E-state index in [9.17, 15) is 5.11 Å². The molecule has 1 aliphatic heterocycles. The largest absolute Gasteiger partial charge is 0.506 e. The topological polar surface area (TPSA) is 51.6 Å². The number of nitrogens with zero attached hydrogens (tertiary/aromatic N) is 1. The zero-order valence-electron chi connectivity index (χ0n) is 12.3. The molecule has 0 unspecified atom stereocenters. The molecule has 1 N–H and O–H groups in total. The molecule has 0 radical (unpaired) electrons. The molecule has 108 valence electrons. The van der Waals surface area contributed by atoms with Gasteiger partial charge in [0.15, 0.2) is 0 Å². The summed E-state index contributed by atoms with van der Waals surface area (Å²) in [5.74, 6) is 0.657. The van der Waals surface area contributed by atoms with Crippen molar-refractivity contribution in [2.24, 2.45) is 0 Å². The monoisotopic (exact) mass is 293 g/mol. The molecule has 6 heteroatoms. The lowest BCUT2D eigenvalue weighted by molar-refractivity contribution is 0.00578. The van der Waals surface area contributed by atoms with Crippen molar-refractivity contribution in [2.45, 2.75) is 38.9 Å².